The van der Waals surface area contributed by atoms with E-state index in [9.17, 15) is 23.9 Å². The van der Waals surface area contributed by atoms with Gasteiger partial charge in [0.2, 0.25) is 0 Å². The molecule has 148 valence electrons. The first-order chi connectivity index (χ1) is 13.2. The Morgan fingerprint density at radius 1 is 1.11 bits per heavy atom. The monoisotopic (exact) mass is 408 g/mol. The molecule has 0 aliphatic carbocycles. The van der Waals surface area contributed by atoms with Crippen LogP contribution >= 0.6 is 11.6 Å². The van der Waals surface area contributed by atoms with Crippen molar-refractivity contribution < 1.29 is 33.4 Å². The van der Waals surface area contributed by atoms with Crippen LogP contribution in [0.3, 0.4) is 0 Å². The van der Waals surface area contributed by atoms with Crippen molar-refractivity contribution in [3.8, 4) is 11.5 Å². The molecular weight excluding hydrogens is 391 g/mol. The highest BCUT2D eigenvalue weighted by Gasteiger charge is 2.34. The second-order valence-corrected chi connectivity index (χ2v) is 6.41. The lowest BCUT2D eigenvalue weighted by Gasteiger charge is -2.16. The molecule has 0 bridgehead atoms. The smallest absolute Gasteiger partial charge is 0.322 e. The van der Waals surface area contributed by atoms with E-state index in [-0.39, 0.29) is 28.3 Å². The number of carboxylic acids is 1. The number of carbonyl (C=O) groups is 3. The minimum Gasteiger partial charge on any atom is -0.496 e. The van der Waals surface area contributed by atoms with Crippen LogP contribution in [-0.4, -0.2) is 36.9 Å². The summed E-state index contributed by atoms with van der Waals surface area (Å²) in [6, 6.07) is 7.26. The summed E-state index contributed by atoms with van der Waals surface area (Å²) in [4.78, 5) is 35.7. The Morgan fingerprint density at radius 2 is 1.75 bits per heavy atom. The molecule has 2 aromatic carbocycles. The molecule has 0 fully saturated rings. The lowest BCUT2D eigenvalue weighted by Crippen LogP contribution is -2.30. The zero-order valence-electron chi connectivity index (χ0n) is 15.4. The van der Waals surface area contributed by atoms with Crippen molar-refractivity contribution in [2.75, 3.05) is 14.2 Å². The predicted molar refractivity (Wildman–Crippen MR) is 99.9 cm³/mol. The van der Waals surface area contributed by atoms with E-state index in [1.807, 2.05) is 0 Å². The molecule has 2 aromatic rings. The number of ether oxygens (including phenoxy) is 2. The van der Waals surface area contributed by atoms with Gasteiger partial charge in [-0.3, -0.25) is 14.4 Å². The molecule has 0 saturated carbocycles. The maximum atomic E-state index is 14.3. The average Bonchev–Trinajstić information content (AvgIpc) is 2.64. The summed E-state index contributed by atoms with van der Waals surface area (Å²) < 4.78 is 24.7. The largest absolute Gasteiger partial charge is 0.496 e. The number of halogens is 2. The standard InChI is InChI=1S/C20H18ClFO6/c1-10(23)17(20(25)26)19(24)13-8-12(15(27-2)9-16(13)28-3)7-11-5-4-6-14(21)18(11)22/h4-6,8-9,17H,7H2,1-3H3,(H,25,26). The van der Waals surface area contributed by atoms with E-state index >= 15 is 0 Å². The molecule has 0 aliphatic rings. The second-order valence-electron chi connectivity index (χ2n) is 6.00. The lowest BCUT2D eigenvalue weighted by molar-refractivity contribution is -0.143. The molecule has 1 N–H and O–H groups in total. The minimum absolute atomic E-state index is 0.0254. The number of hydrogen-bond acceptors (Lipinski definition) is 5. The van der Waals surface area contributed by atoms with Gasteiger partial charge in [0.25, 0.3) is 0 Å². The molecule has 0 spiro atoms. The number of hydrogen-bond donors (Lipinski definition) is 1. The molecule has 6 nitrogen and oxygen atoms in total. The number of benzene rings is 2. The third-order valence-electron chi connectivity index (χ3n) is 4.20. The molecule has 2 rings (SSSR count). The Morgan fingerprint density at radius 3 is 2.29 bits per heavy atom. The van der Waals surface area contributed by atoms with Crippen LogP contribution in [0.15, 0.2) is 30.3 Å². The third-order valence-corrected chi connectivity index (χ3v) is 4.49. The molecule has 0 aromatic heterocycles. The van der Waals surface area contributed by atoms with Crippen LogP contribution in [-0.2, 0) is 16.0 Å². The fourth-order valence-corrected chi connectivity index (χ4v) is 3.01. The Balaban J connectivity index is 2.60. The van der Waals surface area contributed by atoms with Gasteiger partial charge in [-0.05, 0) is 30.2 Å². The number of rotatable bonds is 8. The van der Waals surface area contributed by atoms with Gasteiger partial charge in [-0.25, -0.2) is 4.39 Å². The van der Waals surface area contributed by atoms with Gasteiger partial charge in [-0.1, -0.05) is 23.7 Å². The average molecular weight is 409 g/mol. The number of carbonyl (C=O) groups excluding carboxylic acids is 2. The highest BCUT2D eigenvalue weighted by molar-refractivity contribution is 6.30. The highest BCUT2D eigenvalue weighted by Crippen LogP contribution is 2.33. The van der Waals surface area contributed by atoms with E-state index in [2.05, 4.69) is 0 Å². The maximum absolute atomic E-state index is 14.3. The fraction of sp³-hybridized carbons (Fsp3) is 0.250. The highest BCUT2D eigenvalue weighted by atomic mass is 35.5. The van der Waals surface area contributed by atoms with E-state index in [0.717, 1.165) is 6.92 Å². The van der Waals surface area contributed by atoms with E-state index in [4.69, 9.17) is 21.1 Å². The van der Waals surface area contributed by atoms with Crippen LogP contribution in [0.4, 0.5) is 4.39 Å². The van der Waals surface area contributed by atoms with Gasteiger partial charge in [0.05, 0.1) is 24.8 Å². The Bertz CT molecular complexity index is 927. The molecule has 8 heteroatoms. The van der Waals surface area contributed by atoms with E-state index in [1.54, 1.807) is 6.07 Å². The Labute approximate surface area is 165 Å². The molecule has 0 radical (unpaired) electrons. The Hall–Kier alpha value is -2.93. The molecule has 0 heterocycles. The minimum atomic E-state index is -1.86. The second kappa shape index (κ2) is 8.84. The molecule has 1 atom stereocenters. The van der Waals surface area contributed by atoms with Crippen LogP contribution < -0.4 is 9.47 Å². The van der Waals surface area contributed by atoms with Gasteiger partial charge in [-0.15, -0.1) is 0 Å². The summed E-state index contributed by atoms with van der Waals surface area (Å²) in [5.74, 6) is -5.41. The summed E-state index contributed by atoms with van der Waals surface area (Å²) in [7, 11) is 2.69. The van der Waals surface area contributed by atoms with Crippen LogP contribution in [0, 0.1) is 11.7 Å². The first kappa shape index (κ1) is 21.4. The van der Waals surface area contributed by atoms with Crippen molar-refractivity contribution in [2.24, 2.45) is 5.92 Å². The predicted octanol–water partition coefficient (Wildman–Crippen LogP) is 3.56. The summed E-state index contributed by atoms with van der Waals surface area (Å²) >= 11 is 5.81. The summed E-state index contributed by atoms with van der Waals surface area (Å²) in [6.45, 7) is 1.02. The summed E-state index contributed by atoms with van der Waals surface area (Å²) in [5, 5.41) is 9.19. The van der Waals surface area contributed by atoms with Crippen molar-refractivity contribution in [3.63, 3.8) is 0 Å². The molecule has 1 unspecified atom stereocenters. The first-order valence-corrected chi connectivity index (χ1v) is 8.54. The number of aliphatic carboxylic acids is 1. The lowest BCUT2D eigenvalue weighted by atomic mass is 9.91. The number of methoxy groups -OCH3 is 2. The zero-order chi connectivity index (χ0) is 21.0. The SMILES string of the molecule is COc1cc(OC)c(C(=O)C(C(C)=O)C(=O)O)cc1Cc1cccc(Cl)c1F. The molecule has 28 heavy (non-hydrogen) atoms. The van der Waals surface area contributed by atoms with Gasteiger partial charge in [0, 0.05) is 12.5 Å². The molecule has 0 amide bonds. The van der Waals surface area contributed by atoms with Crippen LogP contribution in [0.5, 0.6) is 11.5 Å². The van der Waals surface area contributed by atoms with Crippen molar-refractivity contribution in [1.29, 1.82) is 0 Å². The van der Waals surface area contributed by atoms with Gasteiger partial charge in [-0.2, -0.15) is 0 Å². The van der Waals surface area contributed by atoms with Crippen molar-refractivity contribution in [3.05, 3.63) is 57.9 Å². The maximum Gasteiger partial charge on any atom is 0.322 e. The van der Waals surface area contributed by atoms with Crippen molar-refractivity contribution in [2.45, 2.75) is 13.3 Å². The normalized spacial score (nSPS) is 11.6. The van der Waals surface area contributed by atoms with Crippen molar-refractivity contribution in [1.82, 2.24) is 0 Å². The molecule has 0 saturated heterocycles. The summed E-state index contributed by atoms with van der Waals surface area (Å²) in [6.07, 6.45) is 0.0254. The topological polar surface area (TPSA) is 89.9 Å². The zero-order valence-corrected chi connectivity index (χ0v) is 16.2. The number of ketones is 2. The van der Waals surface area contributed by atoms with Gasteiger partial charge < -0.3 is 14.6 Å². The molecule has 0 aliphatic heterocycles. The van der Waals surface area contributed by atoms with Gasteiger partial charge in [0.1, 0.15) is 17.3 Å². The van der Waals surface area contributed by atoms with E-state index in [1.165, 1.54) is 38.5 Å². The van der Waals surface area contributed by atoms with Crippen molar-refractivity contribution >= 4 is 29.1 Å². The quantitative estimate of drug-likeness (QED) is 0.530. The number of carboxylic acid groups (broad SMARTS) is 1. The van der Waals surface area contributed by atoms with Crippen LogP contribution in [0.25, 0.3) is 0 Å². The Kier molecular flexibility index (Phi) is 6.75. The number of Topliss-reactive ketones (excluding diaryl/α,β-unsaturated/α-hetero) is 2. The van der Waals surface area contributed by atoms with E-state index < -0.39 is 29.3 Å². The van der Waals surface area contributed by atoms with Crippen LogP contribution in [0.1, 0.15) is 28.4 Å². The van der Waals surface area contributed by atoms with Gasteiger partial charge >= 0.3 is 5.97 Å². The van der Waals surface area contributed by atoms with E-state index in [0.29, 0.717) is 11.3 Å². The van der Waals surface area contributed by atoms with Gasteiger partial charge in [0.15, 0.2) is 17.5 Å². The van der Waals surface area contributed by atoms with Crippen LogP contribution in [0.2, 0.25) is 5.02 Å². The molecular formula is C20H18ClFO6. The third kappa shape index (κ3) is 4.31. The first-order valence-electron chi connectivity index (χ1n) is 8.16. The summed E-state index contributed by atoms with van der Waals surface area (Å²) in [5.41, 5.74) is 0.555. The fourth-order valence-electron chi connectivity index (χ4n) is 2.81.